The minimum atomic E-state index is -0.352. The van der Waals surface area contributed by atoms with Crippen molar-refractivity contribution >= 4 is 17.8 Å². The lowest BCUT2D eigenvalue weighted by Gasteiger charge is -2.21. The van der Waals surface area contributed by atoms with Crippen molar-refractivity contribution in [3.8, 4) is 5.75 Å². The fourth-order valence-electron chi connectivity index (χ4n) is 2.34. The molecule has 0 bridgehead atoms. The van der Waals surface area contributed by atoms with Gasteiger partial charge in [0, 0.05) is 37.9 Å². The van der Waals surface area contributed by atoms with Crippen molar-refractivity contribution in [2.24, 2.45) is 0 Å². The maximum Gasteiger partial charge on any atom is 0.409 e. The summed E-state index contributed by atoms with van der Waals surface area (Å²) >= 11 is 0. The Bertz CT molecular complexity index is 535. The molecule has 2 rings (SSSR count). The highest BCUT2D eigenvalue weighted by Crippen LogP contribution is 2.17. The van der Waals surface area contributed by atoms with Gasteiger partial charge in [-0.05, 0) is 18.6 Å². The Balaban J connectivity index is 1.93. The predicted octanol–water partition coefficient (Wildman–Crippen LogP) is 2.00. The molecule has 1 aliphatic heterocycles. The quantitative estimate of drug-likeness (QED) is 0.907. The summed E-state index contributed by atoms with van der Waals surface area (Å²) in [4.78, 5) is 27.1. The summed E-state index contributed by atoms with van der Waals surface area (Å²) in [7, 11) is 2.94. The second-order valence-electron chi connectivity index (χ2n) is 4.96. The van der Waals surface area contributed by atoms with E-state index in [1.807, 2.05) is 12.1 Å². The number of carbonyl (C=O) groups is 2. The minimum Gasteiger partial charge on any atom is -0.497 e. The van der Waals surface area contributed by atoms with Crippen molar-refractivity contribution in [1.82, 2.24) is 9.80 Å². The van der Waals surface area contributed by atoms with E-state index in [0.29, 0.717) is 37.6 Å². The van der Waals surface area contributed by atoms with Crippen LogP contribution < -0.4 is 10.1 Å². The number of urea groups is 1. The molecule has 22 heavy (non-hydrogen) atoms. The number of rotatable bonds is 2. The molecule has 1 aliphatic rings. The highest BCUT2D eigenvalue weighted by atomic mass is 16.5. The lowest BCUT2D eigenvalue weighted by Crippen LogP contribution is -2.39. The van der Waals surface area contributed by atoms with Gasteiger partial charge >= 0.3 is 12.1 Å². The molecule has 0 saturated carbocycles. The van der Waals surface area contributed by atoms with E-state index in [9.17, 15) is 9.59 Å². The summed E-state index contributed by atoms with van der Waals surface area (Å²) < 4.78 is 9.85. The van der Waals surface area contributed by atoms with Crippen LogP contribution in [0.2, 0.25) is 0 Å². The van der Waals surface area contributed by atoms with Crippen LogP contribution >= 0.6 is 0 Å². The summed E-state index contributed by atoms with van der Waals surface area (Å²) in [6, 6.07) is 7.02. The van der Waals surface area contributed by atoms with Crippen LogP contribution in [0.25, 0.3) is 0 Å². The Hall–Kier alpha value is -2.44. The van der Waals surface area contributed by atoms with Crippen molar-refractivity contribution in [3.05, 3.63) is 24.3 Å². The van der Waals surface area contributed by atoms with Gasteiger partial charge in [-0.3, -0.25) is 0 Å². The van der Waals surface area contributed by atoms with Crippen LogP contribution in [-0.2, 0) is 4.74 Å². The molecule has 1 aromatic carbocycles. The standard InChI is InChI=1S/C15H21N3O4/c1-21-13-6-3-5-12(11-13)16-14(19)17-7-4-8-18(10-9-17)15(20)22-2/h3,5-6,11H,4,7-10H2,1-2H3,(H,16,19). The maximum atomic E-state index is 12.3. The lowest BCUT2D eigenvalue weighted by molar-refractivity contribution is 0.125. The zero-order chi connectivity index (χ0) is 15.9. The number of amides is 3. The Kier molecular flexibility index (Phi) is 5.46. The van der Waals surface area contributed by atoms with E-state index in [4.69, 9.17) is 9.47 Å². The minimum absolute atomic E-state index is 0.181. The molecule has 0 unspecified atom stereocenters. The third kappa shape index (κ3) is 4.03. The first-order valence-corrected chi connectivity index (χ1v) is 7.17. The van der Waals surface area contributed by atoms with E-state index in [1.54, 1.807) is 29.0 Å². The molecule has 7 heteroatoms. The average molecular weight is 307 g/mol. The number of methoxy groups -OCH3 is 2. The topological polar surface area (TPSA) is 71.1 Å². The van der Waals surface area contributed by atoms with Crippen LogP contribution in [0.1, 0.15) is 6.42 Å². The Morgan fingerprint density at radius 2 is 1.82 bits per heavy atom. The Morgan fingerprint density at radius 1 is 1.09 bits per heavy atom. The van der Waals surface area contributed by atoms with Gasteiger partial charge in [-0.2, -0.15) is 0 Å². The smallest absolute Gasteiger partial charge is 0.409 e. The van der Waals surface area contributed by atoms with Crippen LogP contribution in [0.5, 0.6) is 5.75 Å². The van der Waals surface area contributed by atoms with E-state index >= 15 is 0 Å². The van der Waals surface area contributed by atoms with Gasteiger partial charge in [-0.1, -0.05) is 6.07 Å². The number of hydrogen-bond donors (Lipinski definition) is 1. The molecule has 120 valence electrons. The molecule has 0 aliphatic carbocycles. The van der Waals surface area contributed by atoms with Crippen LogP contribution in [0.3, 0.4) is 0 Å². The first kappa shape index (κ1) is 15.9. The number of ether oxygens (including phenoxy) is 2. The molecular weight excluding hydrogens is 286 g/mol. The Morgan fingerprint density at radius 3 is 2.55 bits per heavy atom. The molecule has 1 saturated heterocycles. The van der Waals surface area contributed by atoms with Crippen LogP contribution in [0, 0.1) is 0 Å². The summed E-state index contributed by atoms with van der Waals surface area (Å²) in [5, 5.41) is 2.84. The molecule has 0 spiro atoms. The normalized spacial score (nSPS) is 15.0. The number of anilines is 1. The monoisotopic (exact) mass is 307 g/mol. The zero-order valence-electron chi connectivity index (χ0n) is 12.9. The molecule has 1 fully saturated rings. The molecule has 0 aromatic heterocycles. The van der Waals surface area contributed by atoms with E-state index in [0.717, 1.165) is 6.42 Å². The zero-order valence-corrected chi connectivity index (χ0v) is 12.9. The lowest BCUT2D eigenvalue weighted by atomic mass is 10.3. The van der Waals surface area contributed by atoms with Gasteiger partial charge in [0.25, 0.3) is 0 Å². The predicted molar refractivity (Wildman–Crippen MR) is 82.2 cm³/mol. The van der Waals surface area contributed by atoms with Gasteiger partial charge in [0.15, 0.2) is 0 Å². The van der Waals surface area contributed by atoms with Gasteiger partial charge in [0.05, 0.1) is 14.2 Å². The summed E-state index contributed by atoms with van der Waals surface area (Å²) in [6.45, 7) is 2.14. The molecular formula is C15H21N3O4. The van der Waals surface area contributed by atoms with Crippen LogP contribution in [0.4, 0.5) is 15.3 Å². The van der Waals surface area contributed by atoms with Crippen molar-refractivity contribution in [1.29, 1.82) is 0 Å². The van der Waals surface area contributed by atoms with Gasteiger partial charge in [-0.25, -0.2) is 9.59 Å². The molecule has 1 N–H and O–H groups in total. The molecule has 7 nitrogen and oxygen atoms in total. The molecule has 0 atom stereocenters. The van der Waals surface area contributed by atoms with Crippen molar-refractivity contribution in [3.63, 3.8) is 0 Å². The van der Waals surface area contributed by atoms with Gasteiger partial charge in [0.1, 0.15) is 5.75 Å². The molecule has 0 radical (unpaired) electrons. The second kappa shape index (κ2) is 7.53. The molecule has 1 heterocycles. The van der Waals surface area contributed by atoms with Gasteiger partial charge < -0.3 is 24.6 Å². The maximum absolute atomic E-state index is 12.3. The first-order valence-electron chi connectivity index (χ1n) is 7.17. The van der Waals surface area contributed by atoms with E-state index in [-0.39, 0.29) is 12.1 Å². The van der Waals surface area contributed by atoms with E-state index in [1.165, 1.54) is 7.11 Å². The SMILES string of the molecule is COC(=O)N1CCCN(C(=O)Nc2cccc(OC)c2)CC1. The molecule has 3 amide bonds. The van der Waals surface area contributed by atoms with Crippen LogP contribution in [0.15, 0.2) is 24.3 Å². The molecule has 1 aromatic rings. The summed E-state index contributed by atoms with van der Waals surface area (Å²) in [5.41, 5.74) is 0.679. The largest absolute Gasteiger partial charge is 0.497 e. The fourth-order valence-corrected chi connectivity index (χ4v) is 2.34. The number of hydrogen-bond acceptors (Lipinski definition) is 4. The highest BCUT2D eigenvalue weighted by molar-refractivity contribution is 5.89. The summed E-state index contributed by atoms with van der Waals surface area (Å²) in [5.74, 6) is 0.686. The fraction of sp³-hybridized carbons (Fsp3) is 0.467. The van der Waals surface area contributed by atoms with Crippen molar-refractivity contribution < 1.29 is 19.1 Å². The van der Waals surface area contributed by atoms with Gasteiger partial charge in [-0.15, -0.1) is 0 Å². The van der Waals surface area contributed by atoms with Gasteiger partial charge in [0.2, 0.25) is 0 Å². The second-order valence-corrected chi connectivity index (χ2v) is 4.96. The number of nitrogens with zero attached hydrogens (tertiary/aromatic N) is 2. The third-order valence-corrected chi connectivity index (χ3v) is 3.54. The third-order valence-electron chi connectivity index (χ3n) is 3.54. The number of carbonyl (C=O) groups excluding carboxylic acids is 2. The summed E-state index contributed by atoms with van der Waals surface area (Å²) in [6.07, 6.45) is 0.371. The van der Waals surface area contributed by atoms with E-state index < -0.39 is 0 Å². The first-order chi connectivity index (χ1) is 10.6. The Labute approximate surface area is 129 Å². The van der Waals surface area contributed by atoms with E-state index in [2.05, 4.69) is 5.32 Å². The number of nitrogens with one attached hydrogen (secondary N) is 1. The van der Waals surface area contributed by atoms with Crippen molar-refractivity contribution in [2.75, 3.05) is 45.7 Å². The van der Waals surface area contributed by atoms with Crippen LogP contribution in [-0.4, -0.2) is 62.3 Å². The highest BCUT2D eigenvalue weighted by Gasteiger charge is 2.22. The average Bonchev–Trinajstić information content (AvgIpc) is 2.80. The number of benzene rings is 1. The van der Waals surface area contributed by atoms with Crippen molar-refractivity contribution in [2.45, 2.75) is 6.42 Å².